The lowest BCUT2D eigenvalue weighted by molar-refractivity contribution is 0.222. The van der Waals surface area contributed by atoms with Crippen LogP contribution < -0.4 is 0 Å². The monoisotopic (exact) mass is 199 g/mol. The van der Waals surface area contributed by atoms with Crippen molar-refractivity contribution in [1.82, 2.24) is 4.90 Å². The van der Waals surface area contributed by atoms with Crippen molar-refractivity contribution in [2.45, 2.75) is 53.9 Å². The fourth-order valence-corrected chi connectivity index (χ4v) is 1.73. The third kappa shape index (κ3) is 6.42. The Morgan fingerprint density at radius 3 is 1.93 bits per heavy atom. The molecule has 0 fully saturated rings. The number of hydrogen-bond donors (Lipinski definition) is 0. The molecule has 1 nitrogen and oxygen atoms in total. The largest absolute Gasteiger partial charge is 0.303 e. The zero-order valence-electron chi connectivity index (χ0n) is 10.8. The summed E-state index contributed by atoms with van der Waals surface area (Å²) in [7, 11) is 0. The van der Waals surface area contributed by atoms with Crippen LogP contribution in [0.1, 0.15) is 53.9 Å². The van der Waals surface area contributed by atoms with Crippen LogP contribution in [0.4, 0.5) is 0 Å². The van der Waals surface area contributed by atoms with Gasteiger partial charge < -0.3 is 4.90 Å². The lowest BCUT2D eigenvalue weighted by Gasteiger charge is -2.25. The Morgan fingerprint density at radius 1 is 1.00 bits per heavy atom. The Hall–Kier alpha value is -0.0400. The molecule has 0 atom stereocenters. The van der Waals surface area contributed by atoms with E-state index in [1.54, 1.807) is 0 Å². The van der Waals surface area contributed by atoms with E-state index in [-0.39, 0.29) is 0 Å². The molecule has 0 aromatic carbocycles. The first-order valence-corrected chi connectivity index (χ1v) is 6.36. The van der Waals surface area contributed by atoms with Gasteiger partial charge in [0.25, 0.3) is 0 Å². The number of rotatable bonds is 8. The van der Waals surface area contributed by atoms with Crippen LogP contribution in [0, 0.1) is 11.8 Å². The van der Waals surface area contributed by atoms with Crippen molar-refractivity contribution >= 4 is 0 Å². The highest BCUT2D eigenvalue weighted by Gasteiger charge is 2.09. The molecule has 0 heterocycles. The smallest absolute Gasteiger partial charge is 0.000934 e. The summed E-state index contributed by atoms with van der Waals surface area (Å²) in [4.78, 5) is 2.61. The molecule has 0 aliphatic rings. The van der Waals surface area contributed by atoms with Crippen molar-refractivity contribution < 1.29 is 0 Å². The van der Waals surface area contributed by atoms with E-state index in [0.29, 0.717) is 0 Å². The molecule has 0 aromatic heterocycles. The lowest BCUT2D eigenvalue weighted by atomic mass is 10.0. The van der Waals surface area contributed by atoms with Gasteiger partial charge in [-0.2, -0.15) is 0 Å². The molecule has 0 unspecified atom stereocenters. The third-order valence-corrected chi connectivity index (χ3v) is 3.14. The first-order valence-electron chi connectivity index (χ1n) is 6.36. The van der Waals surface area contributed by atoms with Gasteiger partial charge in [0.1, 0.15) is 0 Å². The van der Waals surface area contributed by atoms with Gasteiger partial charge in [-0.1, -0.05) is 47.5 Å². The van der Waals surface area contributed by atoms with Gasteiger partial charge in [-0.25, -0.2) is 0 Å². The van der Waals surface area contributed by atoms with Crippen molar-refractivity contribution in [3.63, 3.8) is 0 Å². The summed E-state index contributed by atoms with van der Waals surface area (Å²) in [6.45, 7) is 15.3. The summed E-state index contributed by atoms with van der Waals surface area (Å²) >= 11 is 0. The summed E-state index contributed by atoms with van der Waals surface area (Å²) in [5.41, 5.74) is 0. The van der Waals surface area contributed by atoms with Gasteiger partial charge in [-0.15, -0.1) is 0 Å². The molecule has 0 amide bonds. The Bertz CT molecular complexity index is 116. The minimum atomic E-state index is 0.839. The summed E-state index contributed by atoms with van der Waals surface area (Å²) in [6, 6.07) is 0. The van der Waals surface area contributed by atoms with Gasteiger partial charge in [0.15, 0.2) is 0 Å². The van der Waals surface area contributed by atoms with Crippen LogP contribution in [-0.2, 0) is 0 Å². The maximum absolute atomic E-state index is 2.61. The van der Waals surface area contributed by atoms with E-state index in [2.05, 4.69) is 39.5 Å². The lowest BCUT2D eigenvalue weighted by Crippen LogP contribution is -2.30. The summed E-state index contributed by atoms with van der Waals surface area (Å²) in [5.74, 6) is 1.74. The van der Waals surface area contributed by atoms with E-state index < -0.39 is 0 Å². The van der Waals surface area contributed by atoms with Crippen LogP contribution in [0.15, 0.2) is 0 Å². The van der Waals surface area contributed by atoms with Crippen molar-refractivity contribution in [2.75, 3.05) is 19.6 Å². The minimum Gasteiger partial charge on any atom is -0.303 e. The molecule has 0 spiro atoms. The molecule has 0 saturated heterocycles. The molecule has 0 saturated carbocycles. The van der Waals surface area contributed by atoms with Crippen LogP contribution in [0.3, 0.4) is 0 Å². The highest BCUT2D eigenvalue weighted by molar-refractivity contribution is 4.63. The number of nitrogens with zero attached hydrogens (tertiary/aromatic N) is 1. The van der Waals surface area contributed by atoms with Crippen molar-refractivity contribution in [2.24, 2.45) is 11.8 Å². The molecule has 1 heteroatoms. The Morgan fingerprint density at radius 2 is 1.57 bits per heavy atom. The zero-order valence-corrected chi connectivity index (χ0v) is 10.8. The Kier molecular flexibility index (Phi) is 8.26. The van der Waals surface area contributed by atoms with Crippen molar-refractivity contribution in [3.8, 4) is 0 Å². The van der Waals surface area contributed by atoms with Gasteiger partial charge in [-0.3, -0.25) is 0 Å². The van der Waals surface area contributed by atoms with Gasteiger partial charge >= 0.3 is 0 Å². The molecule has 0 N–H and O–H groups in total. The van der Waals surface area contributed by atoms with Gasteiger partial charge in [-0.05, 0) is 31.3 Å². The topological polar surface area (TPSA) is 3.24 Å². The second kappa shape index (κ2) is 8.28. The van der Waals surface area contributed by atoms with E-state index in [0.717, 1.165) is 11.8 Å². The molecule has 0 bridgehead atoms. The molecule has 14 heavy (non-hydrogen) atoms. The maximum atomic E-state index is 2.61. The standard InChI is InChI=1S/C13H29N/c1-6-13(7-2)11-14(8-3)10-9-12(4)5/h12-13H,6-11H2,1-5H3. The van der Waals surface area contributed by atoms with Gasteiger partial charge in [0, 0.05) is 6.54 Å². The Balaban J connectivity index is 3.76. The van der Waals surface area contributed by atoms with Crippen LogP contribution in [0.25, 0.3) is 0 Å². The fourth-order valence-electron chi connectivity index (χ4n) is 1.73. The molecule has 0 radical (unpaired) electrons. The molecular weight excluding hydrogens is 170 g/mol. The molecule has 86 valence electrons. The van der Waals surface area contributed by atoms with E-state index in [1.165, 1.54) is 38.9 Å². The number of hydrogen-bond acceptors (Lipinski definition) is 1. The average molecular weight is 199 g/mol. The normalized spacial score (nSPS) is 12.0. The highest BCUT2D eigenvalue weighted by Crippen LogP contribution is 2.11. The van der Waals surface area contributed by atoms with Crippen molar-refractivity contribution in [3.05, 3.63) is 0 Å². The van der Waals surface area contributed by atoms with Crippen LogP contribution in [-0.4, -0.2) is 24.5 Å². The SMILES string of the molecule is CCC(CC)CN(CC)CCC(C)C. The summed E-state index contributed by atoms with van der Waals surface area (Å²) < 4.78 is 0. The summed E-state index contributed by atoms with van der Waals surface area (Å²) in [6.07, 6.45) is 4.00. The molecule has 0 aliphatic heterocycles. The van der Waals surface area contributed by atoms with Crippen LogP contribution in [0.5, 0.6) is 0 Å². The predicted octanol–water partition coefficient (Wildman–Crippen LogP) is 3.79. The quantitative estimate of drug-likeness (QED) is 0.575. The predicted molar refractivity (Wildman–Crippen MR) is 65.6 cm³/mol. The maximum Gasteiger partial charge on any atom is 0.000934 e. The minimum absolute atomic E-state index is 0.839. The van der Waals surface area contributed by atoms with Gasteiger partial charge in [0.05, 0.1) is 0 Å². The first kappa shape index (κ1) is 14.0. The summed E-state index contributed by atoms with van der Waals surface area (Å²) in [5, 5.41) is 0. The van der Waals surface area contributed by atoms with E-state index in [9.17, 15) is 0 Å². The van der Waals surface area contributed by atoms with E-state index in [4.69, 9.17) is 0 Å². The Labute approximate surface area is 90.9 Å². The van der Waals surface area contributed by atoms with Crippen LogP contribution in [0.2, 0.25) is 0 Å². The van der Waals surface area contributed by atoms with E-state index >= 15 is 0 Å². The fraction of sp³-hybridized carbons (Fsp3) is 1.00. The molecule has 0 aliphatic carbocycles. The second-order valence-corrected chi connectivity index (χ2v) is 4.76. The highest BCUT2D eigenvalue weighted by atomic mass is 15.1. The van der Waals surface area contributed by atoms with E-state index in [1.807, 2.05) is 0 Å². The molecule has 0 rings (SSSR count). The molecular formula is C13H29N. The van der Waals surface area contributed by atoms with Gasteiger partial charge in [0.2, 0.25) is 0 Å². The first-order chi connectivity index (χ1) is 6.63. The molecule has 0 aromatic rings. The third-order valence-electron chi connectivity index (χ3n) is 3.14. The average Bonchev–Trinajstić information content (AvgIpc) is 2.18. The zero-order chi connectivity index (χ0) is 11.0. The van der Waals surface area contributed by atoms with Crippen LogP contribution >= 0.6 is 0 Å². The van der Waals surface area contributed by atoms with Crippen molar-refractivity contribution in [1.29, 1.82) is 0 Å². The second-order valence-electron chi connectivity index (χ2n) is 4.76.